The summed E-state index contributed by atoms with van der Waals surface area (Å²) in [6.45, 7) is 3.08. The number of hydrogen-bond acceptors (Lipinski definition) is 2. The monoisotopic (exact) mass is 337 g/mol. The molecule has 0 aliphatic carbocycles. The maximum absolute atomic E-state index is 10.8. The molecule has 0 bridgehead atoms. The van der Waals surface area contributed by atoms with E-state index in [0.717, 1.165) is 13.0 Å². The first-order valence-electron chi connectivity index (χ1n) is 7.79. The fraction of sp³-hybridized carbons (Fsp3) is 0.933. The molecule has 0 aromatic heterocycles. The van der Waals surface area contributed by atoms with Crippen LogP contribution in [0.2, 0.25) is 5.32 Å². The summed E-state index contributed by atoms with van der Waals surface area (Å²) < 4.78 is 0. The molecule has 0 aliphatic rings. The first-order chi connectivity index (χ1) is 9.22. The van der Waals surface area contributed by atoms with Crippen LogP contribution in [-0.2, 0) is 4.79 Å². The Kier molecular flexibility index (Phi) is 14.3. The molecule has 0 rings (SSSR count). The van der Waals surface area contributed by atoms with Gasteiger partial charge in [-0.1, -0.05) is 19.8 Å². The van der Waals surface area contributed by atoms with Crippen molar-refractivity contribution in [3.63, 3.8) is 0 Å². The molecule has 2 N–H and O–H groups in total. The van der Waals surface area contributed by atoms with Gasteiger partial charge in [-0.2, -0.15) is 0 Å². The predicted octanol–water partition coefficient (Wildman–Crippen LogP) is 3.27. The van der Waals surface area contributed by atoms with E-state index in [-0.39, 0.29) is 0 Å². The van der Waals surface area contributed by atoms with Gasteiger partial charge in [0.15, 0.2) is 0 Å². The second kappa shape index (κ2) is 14.4. The second-order valence-electron chi connectivity index (χ2n) is 5.21. The molecule has 0 fully saturated rings. The molecular weight excluding hydrogens is 305 g/mol. The average Bonchev–Trinajstić information content (AvgIpc) is 2.40. The maximum atomic E-state index is 10.8. The van der Waals surface area contributed by atoms with Crippen molar-refractivity contribution >= 4 is 22.0 Å². The van der Waals surface area contributed by atoms with E-state index in [1.807, 2.05) is 0 Å². The molecule has 0 aromatic rings. The normalized spacial score (nSPS) is 12.5. The molecule has 1 atom stereocenters. The summed E-state index contributed by atoms with van der Waals surface area (Å²) in [4.78, 5) is 10.8. The Morgan fingerprint density at radius 3 is 1.89 bits per heavy atom. The second-order valence-corrected chi connectivity index (χ2v) is 5.98. The van der Waals surface area contributed by atoms with Crippen LogP contribution in [0.5, 0.6) is 0 Å². The molecular formula is C15H31NO2Se. The van der Waals surface area contributed by atoms with E-state index in [1.165, 1.54) is 57.8 Å². The standard InChI is InChI=1S/C15H31NO2Se/c1-2-3-4-5-6-7-8-9-10-11-12-16-14(13-19)15(17)18/h14,16,19H,2-13H2,1H3,(H,17,18)/t14-/m0/s1. The number of carbonyl (C=O) groups is 1. The number of nitrogens with one attached hydrogen (secondary N) is 1. The van der Waals surface area contributed by atoms with Crippen molar-refractivity contribution < 1.29 is 9.90 Å². The van der Waals surface area contributed by atoms with Crippen LogP contribution in [0.4, 0.5) is 0 Å². The van der Waals surface area contributed by atoms with Gasteiger partial charge in [0.05, 0.1) is 0 Å². The Labute approximate surface area is 126 Å². The van der Waals surface area contributed by atoms with Gasteiger partial charge >= 0.3 is 106 Å². The molecule has 0 unspecified atom stereocenters. The zero-order valence-corrected chi connectivity index (χ0v) is 14.2. The number of hydrogen-bond donors (Lipinski definition) is 2. The van der Waals surface area contributed by atoms with E-state index in [0.29, 0.717) is 5.32 Å². The molecule has 0 aliphatic heterocycles. The quantitative estimate of drug-likeness (QED) is 0.378. The third-order valence-electron chi connectivity index (χ3n) is 3.40. The van der Waals surface area contributed by atoms with Crippen molar-refractivity contribution in [2.24, 2.45) is 0 Å². The molecule has 0 saturated heterocycles. The Morgan fingerprint density at radius 2 is 1.47 bits per heavy atom. The summed E-state index contributed by atoms with van der Waals surface area (Å²) in [6, 6.07) is -0.390. The Bertz CT molecular complexity index is 212. The first-order valence-corrected chi connectivity index (χ1v) is 9.12. The molecule has 0 radical (unpaired) electrons. The summed E-state index contributed by atoms with van der Waals surface area (Å²) in [5.74, 6) is -0.743. The minimum atomic E-state index is -0.743. The fourth-order valence-electron chi connectivity index (χ4n) is 2.12. The molecule has 0 heterocycles. The van der Waals surface area contributed by atoms with Crippen molar-refractivity contribution in [3.05, 3.63) is 0 Å². The molecule has 19 heavy (non-hydrogen) atoms. The van der Waals surface area contributed by atoms with Crippen molar-refractivity contribution in [2.45, 2.75) is 82.5 Å². The van der Waals surface area contributed by atoms with E-state index in [1.54, 1.807) is 0 Å². The summed E-state index contributed by atoms with van der Waals surface area (Å²) in [5, 5.41) is 12.5. The van der Waals surface area contributed by atoms with Crippen molar-refractivity contribution in [3.8, 4) is 0 Å². The van der Waals surface area contributed by atoms with E-state index in [4.69, 9.17) is 5.11 Å². The summed E-state index contributed by atoms with van der Waals surface area (Å²) >= 11 is 2.34. The third kappa shape index (κ3) is 12.7. The van der Waals surface area contributed by atoms with Gasteiger partial charge in [-0.3, -0.25) is 0 Å². The molecule has 0 amide bonds. The molecule has 0 spiro atoms. The number of carboxylic acids is 1. The van der Waals surface area contributed by atoms with Crippen LogP contribution in [0, 0.1) is 0 Å². The number of carboxylic acid groups (broad SMARTS) is 1. The minimum absolute atomic E-state index is 0.390. The van der Waals surface area contributed by atoms with Gasteiger partial charge in [0.1, 0.15) is 0 Å². The van der Waals surface area contributed by atoms with Crippen LogP contribution in [0.15, 0.2) is 0 Å². The van der Waals surface area contributed by atoms with Crippen LogP contribution in [0.3, 0.4) is 0 Å². The SMILES string of the molecule is CCCCCCCCCCCCN[C@@H](C[SeH])C(=O)O. The summed E-state index contributed by atoms with van der Waals surface area (Å²) in [6.07, 6.45) is 13.2. The van der Waals surface area contributed by atoms with Gasteiger partial charge in [0.2, 0.25) is 0 Å². The van der Waals surface area contributed by atoms with Crippen molar-refractivity contribution in [1.82, 2.24) is 5.32 Å². The topological polar surface area (TPSA) is 49.3 Å². The molecule has 0 saturated carbocycles. The van der Waals surface area contributed by atoms with Gasteiger partial charge in [0, 0.05) is 0 Å². The van der Waals surface area contributed by atoms with Crippen LogP contribution in [0.1, 0.15) is 71.1 Å². The molecule has 4 heteroatoms. The zero-order valence-electron chi connectivity index (χ0n) is 12.4. The van der Waals surface area contributed by atoms with E-state index >= 15 is 0 Å². The predicted molar refractivity (Wildman–Crippen MR) is 83.2 cm³/mol. The number of rotatable bonds is 14. The Hall–Kier alpha value is -0.0505. The summed E-state index contributed by atoms with van der Waals surface area (Å²) in [5.41, 5.74) is 0. The van der Waals surface area contributed by atoms with Gasteiger partial charge in [-0.05, 0) is 0 Å². The molecule has 3 nitrogen and oxygen atoms in total. The number of aliphatic carboxylic acids is 1. The van der Waals surface area contributed by atoms with E-state index in [2.05, 4.69) is 28.3 Å². The molecule has 0 aromatic carbocycles. The fourth-order valence-corrected chi connectivity index (χ4v) is 2.72. The van der Waals surface area contributed by atoms with Gasteiger partial charge in [-0.15, -0.1) is 0 Å². The van der Waals surface area contributed by atoms with Crippen LogP contribution in [0.25, 0.3) is 0 Å². The number of unbranched alkanes of at least 4 members (excludes halogenated alkanes) is 9. The van der Waals surface area contributed by atoms with E-state index < -0.39 is 12.0 Å². The van der Waals surface area contributed by atoms with Gasteiger partial charge in [0.25, 0.3) is 0 Å². The van der Waals surface area contributed by atoms with Gasteiger partial charge in [-0.25, -0.2) is 0 Å². The van der Waals surface area contributed by atoms with E-state index in [9.17, 15) is 4.79 Å². The summed E-state index contributed by atoms with van der Waals surface area (Å²) in [7, 11) is 0. The van der Waals surface area contributed by atoms with Crippen LogP contribution in [-0.4, -0.2) is 39.7 Å². The molecule has 114 valence electrons. The van der Waals surface area contributed by atoms with Crippen molar-refractivity contribution in [2.75, 3.05) is 6.54 Å². The van der Waals surface area contributed by atoms with Crippen LogP contribution >= 0.6 is 0 Å². The Morgan fingerprint density at radius 1 is 1.00 bits per heavy atom. The average molecular weight is 336 g/mol. The van der Waals surface area contributed by atoms with Crippen molar-refractivity contribution in [1.29, 1.82) is 0 Å². The van der Waals surface area contributed by atoms with Gasteiger partial charge < -0.3 is 0 Å². The third-order valence-corrected chi connectivity index (χ3v) is 4.17. The zero-order chi connectivity index (χ0) is 14.3. The van der Waals surface area contributed by atoms with Crippen LogP contribution < -0.4 is 5.32 Å². The first kappa shape index (κ1) is 18.9. The Balaban J connectivity index is 3.16.